The predicted molar refractivity (Wildman–Crippen MR) is 147 cm³/mol. The van der Waals surface area contributed by atoms with Crippen molar-refractivity contribution in [2.45, 2.75) is 73.1 Å². The minimum absolute atomic E-state index is 0.325. The van der Waals surface area contributed by atoms with Gasteiger partial charge in [0.15, 0.2) is 0 Å². The fourth-order valence-corrected chi connectivity index (χ4v) is 3.50. The highest BCUT2D eigenvalue weighted by Crippen LogP contribution is 2.27. The van der Waals surface area contributed by atoms with Crippen LogP contribution >= 0.6 is 0 Å². The van der Waals surface area contributed by atoms with Crippen molar-refractivity contribution in [3.05, 3.63) is 82.7 Å². The summed E-state index contributed by atoms with van der Waals surface area (Å²) in [5, 5.41) is 0. The maximum Gasteiger partial charge on any atom is 0.341 e. The van der Waals surface area contributed by atoms with Crippen LogP contribution in [0.1, 0.15) is 78.7 Å². The van der Waals surface area contributed by atoms with Crippen LogP contribution in [0, 0.1) is 0 Å². The third-order valence-corrected chi connectivity index (χ3v) is 5.86. The lowest BCUT2D eigenvalue weighted by molar-refractivity contribution is -0.133. The van der Waals surface area contributed by atoms with Gasteiger partial charge in [-0.25, -0.2) is 4.79 Å². The van der Waals surface area contributed by atoms with Crippen molar-refractivity contribution in [3.63, 3.8) is 0 Å². The molecule has 0 bridgehead atoms. The summed E-state index contributed by atoms with van der Waals surface area (Å²) in [6, 6.07) is 7.41. The second kappa shape index (κ2) is 17.4. The highest BCUT2D eigenvalue weighted by Gasteiger charge is 2.17. The third kappa shape index (κ3) is 12.3. The molecule has 1 rings (SSSR count). The van der Waals surface area contributed by atoms with E-state index in [0.717, 1.165) is 44.1 Å². The Morgan fingerprint density at radius 3 is 1.89 bits per heavy atom. The maximum absolute atomic E-state index is 12.1. The number of hydrogen-bond donors (Lipinski definition) is 0. The van der Waals surface area contributed by atoms with Crippen LogP contribution in [0.25, 0.3) is 5.57 Å². The van der Waals surface area contributed by atoms with E-state index in [4.69, 9.17) is 14.2 Å². The average molecular weight is 481 g/mol. The van der Waals surface area contributed by atoms with E-state index in [1.807, 2.05) is 24.3 Å². The Hall–Kier alpha value is -3.01. The topological polar surface area (TPSA) is 44.8 Å². The zero-order valence-electron chi connectivity index (χ0n) is 22.8. The van der Waals surface area contributed by atoms with Crippen LogP contribution in [0.2, 0.25) is 0 Å². The quantitative estimate of drug-likeness (QED) is 0.109. The summed E-state index contributed by atoms with van der Waals surface area (Å²) in [4.78, 5) is 12.1. The summed E-state index contributed by atoms with van der Waals surface area (Å²) < 4.78 is 16.0. The van der Waals surface area contributed by atoms with E-state index in [0.29, 0.717) is 23.5 Å². The predicted octanol–water partition coefficient (Wildman–Crippen LogP) is 8.37. The first-order chi connectivity index (χ1) is 16.8. The summed E-state index contributed by atoms with van der Waals surface area (Å²) in [5.74, 6) is 0.154. The second-order valence-electron chi connectivity index (χ2n) is 8.95. The molecule has 4 heteroatoms. The van der Waals surface area contributed by atoms with E-state index >= 15 is 0 Å². The van der Waals surface area contributed by atoms with Gasteiger partial charge in [0.1, 0.15) is 17.9 Å². The van der Waals surface area contributed by atoms with Gasteiger partial charge in [-0.15, -0.1) is 0 Å². The minimum Gasteiger partial charge on any atom is -0.503 e. The van der Waals surface area contributed by atoms with Crippen LogP contribution < -0.4 is 4.74 Å². The number of hydrogen-bond acceptors (Lipinski definition) is 4. The lowest BCUT2D eigenvalue weighted by Gasteiger charge is -2.13. The summed E-state index contributed by atoms with van der Waals surface area (Å²) >= 11 is 0. The molecule has 0 amide bonds. The van der Waals surface area contributed by atoms with Crippen LogP contribution in [-0.4, -0.2) is 26.8 Å². The molecule has 0 atom stereocenters. The first-order valence-electron chi connectivity index (χ1n) is 12.4. The van der Waals surface area contributed by atoms with Gasteiger partial charge in [0.2, 0.25) is 0 Å². The van der Waals surface area contributed by atoms with E-state index in [1.54, 1.807) is 0 Å². The molecule has 0 aliphatic heterocycles. The Balaban J connectivity index is 2.55. The van der Waals surface area contributed by atoms with Crippen molar-refractivity contribution < 1.29 is 19.0 Å². The molecule has 1 aromatic carbocycles. The smallest absolute Gasteiger partial charge is 0.341 e. The van der Waals surface area contributed by atoms with Gasteiger partial charge in [-0.05, 0) is 84.8 Å². The van der Waals surface area contributed by atoms with E-state index in [2.05, 4.69) is 58.9 Å². The molecule has 0 unspecified atom stereocenters. The van der Waals surface area contributed by atoms with Crippen molar-refractivity contribution in [2.75, 3.05) is 20.8 Å². The Bertz CT molecular complexity index is 944. The SMILES string of the molecule is CC=C(C)CCC=C(C)CCC=C(C)CCC=C(C)COc1ccccc1C(=COC)C(=O)OC. The number of esters is 1. The lowest BCUT2D eigenvalue weighted by atomic mass is 10.0. The Morgan fingerprint density at radius 1 is 0.800 bits per heavy atom. The Kier molecular flexibility index (Phi) is 14.9. The number of ether oxygens (including phenoxy) is 3. The summed E-state index contributed by atoms with van der Waals surface area (Å²) in [7, 11) is 2.85. The molecule has 0 N–H and O–H groups in total. The maximum atomic E-state index is 12.1. The number of benzene rings is 1. The number of rotatable bonds is 15. The highest BCUT2D eigenvalue weighted by atomic mass is 16.5. The fraction of sp³-hybridized carbons (Fsp3) is 0.452. The van der Waals surface area contributed by atoms with Crippen LogP contribution in [0.5, 0.6) is 5.75 Å². The zero-order chi connectivity index (χ0) is 26.1. The van der Waals surface area contributed by atoms with E-state index < -0.39 is 5.97 Å². The van der Waals surface area contributed by atoms with Crippen molar-refractivity contribution in [1.29, 1.82) is 0 Å². The van der Waals surface area contributed by atoms with Gasteiger partial charge in [0.25, 0.3) is 0 Å². The van der Waals surface area contributed by atoms with E-state index in [1.165, 1.54) is 37.2 Å². The number of carbonyl (C=O) groups excluding carboxylic acids is 1. The average Bonchev–Trinajstić information content (AvgIpc) is 2.85. The number of allylic oxidation sites excluding steroid dienone is 7. The highest BCUT2D eigenvalue weighted by molar-refractivity contribution is 6.16. The molecular formula is C31H44O4. The summed E-state index contributed by atoms with van der Waals surface area (Å²) in [6.45, 7) is 11.3. The molecule has 0 aromatic heterocycles. The monoisotopic (exact) mass is 480 g/mol. The largest absolute Gasteiger partial charge is 0.503 e. The van der Waals surface area contributed by atoms with Crippen LogP contribution in [0.4, 0.5) is 0 Å². The molecule has 0 aliphatic rings. The van der Waals surface area contributed by atoms with E-state index in [9.17, 15) is 4.79 Å². The van der Waals surface area contributed by atoms with Gasteiger partial charge in [-0.1, -0.05) is 59.2 Å². The molecule has 0 spiro atoms. The summed E-state index contributed by atoms with van der Waals surface area (Å²) in [5.41, 5.74) is 6.47. The molecule has 0 saturated carbocycles. The van der Waals surface area contributed by atoms with Gasteiger partial charge >= 0.3 is 5.97 Å². The molecule has 1 aromatic rings. The first kappa shape index (κ1) is 30.0. The van der Waals surface area contributed by atoms with E-state index in [-0.39, 0.29) is 0 Å². The molecule has 4 nitrogen and oxygen atoms in total. The molecule has 0 aliphatic carbocycles. The van der Waals surface area contributed by atoms with Crippen molar-refractivity contribution in [2.24, 2.45) is 0 Å². The van der Waals surface area contributed by atoms with Crippen LogP contribution in [-0.2, 0) is 14.3 Å². The van der Waals surface area contributed by atoms with Gasteiger partial charge < -0.3 is 14.2 Å². The lowest BCUT2D eigenvalue weighted by Crippen LogP contribution is -2.07. The van der Waals surface area contributed by atoms with Crippen LogP contribution in [0.15, 0.2) is 77.1 Å². The number of methoxy groups -OCH3 is 2. The van der Waals surface area contributed by atoms with Crippen LogP contribution in [0.3, 0.4) is 0 Å². The molecular weight excluding hydrogens is 436 g/mol. The normalized spacial score (nSPS) is 13.6. The fourth-order valence-electron chi connectivity index (χ4n) is 3.50. The number of carbonyl (C=O) groups is 1. The molecule has 35 heavy (non-hydrogen) atoms. The molecule has 0 heterocycles. The molecule has 192 valence electrons. The molecule has 0 saturated heterocycles. The van der Waals surface area contributed by atoms with Gasteiger partial charge in [0.05, 0.1) is 20.5 Å². The Labute approximate surface area is 213 Å². The minimum atomic E-state index is -0.466. The molecule has 0 fully saturated rings. The number of para-hydroxylation sites is 1. The third-order valence-electron chi connectivity index (χ3n) is 5.86. The van der Waals surface area contributed by atoms with Gasteiger partial charge in [-0.3, -0.25) is 0 Å². The van der Waals surface area contributed by atoms with Crippen molar-refractivity contribution in [3.8, 4) is 5.75 Å². The van der Waals surface area contributed by atoms with Crippen molar-refractivity contribution in [1.82, 2.24) is 0 Å². The van der Waals surface area contributed by atoms with Crippen molar-refractivity contribution >= 4 is 11.5 Å². The molecule has 0 radical (unpaired) electrons. The Morgan fingerprint density at radius 2 is 1.34 bits per heavy atom. The van der Waals surface area contributed by atoms with Gasteiger partial charge in [-0.2, -0.15) is 0 Å². The summed E-state index contributed by atoms with van der Waals surface area (Å²) in [6.07, 6.45) is 17.1. The standard InChI is InChI=1S/C31H44O4/c1-8-24(2)14-11-15-25(3)16-12-17-26(4)18-13-19-27(5)22-35-30-21-10-9-20-28(30)29(23-33-6)31(32)34-7/h8-10,15,17,19-21,23H,11-14,16,18,22H2,1-7H3. The second-order valence-corrected chi connectivity index (χ2v) is 8.95. The van der Waals surface area contributed by atoms with Gasteiger partial charge in [0, 0.05) is 5.56 Å². The zero-order valence-corrected chi connectivity index (χ0v) is 22.8. The first-order valence-corrected chi connectivity index (χ1v) is 12.4.